The summed E-state index contributed by atoms with van der Waals surface area (Å²) in [6, 6.07) is -0.974. The fraction of sp³-hybridized carbons (Fsp3) is 0.312. The van der Waals surface area contributed by atoms with Crippen molar-refractivity contribution in [2.45, 2.75) is 16.6 Å². The van der Waals surface area contributed by atoms with E-state index < -0.39 is 29.2 Å². The average Bonchev–Trinajstić information content (AvgIpc) is 3.47. The van der Waals surface area contributed by atoms with Gasteiger partial charge in [-0.05, 0) is 16.0 Å². The number of β-lactam (4-membered cyclic amide) rings is 1. The maximum atomic E-state index is 12.9. The predicted molar refractivity (Wildman–Crippen MR) is 124 cm³/mol. The number of nitrogens with one attached hydrogen (secondary N) is 2. The fourth-order valence-electron chi connectivity index (χ4n) is 3.25. The molecule has 1 fully saturated rings. The molecule has 5 N–H and O–H groups in total. The smallest absolute Gasteiger partial charge is 0.352 e. The van der Waals surface area contributed by atoms with Crippen molar-refractivity contribution in [2.24, 2.45) is 5.16 Å². The number of thiazole rings is 1. The number of hydrogen-bond donors (Lipinski definition) is 4. The quantitative estimate of drug-likeness (QED) is 0.0868. The number of rotatable bonds is 10. The second kappa shape index (κ2) is 10.3. The minimum Gasteiger partial charge on any atom is -0.477 e. The first-order valence-corrected chi connectivity index (χ1v) is 12.4. The van der Waals surface area contributed by atoms with E-state index in [1.54, 1.807) is 0 Å². The minimum absolute atomic E-state index is 0.152. The van der Waals surface area contributed by atoms with E-state index in [4.69, 9.17) is 10.6 Å². The number of anilines is 1. The van der Waals surface area contributed by atoms with E-state index in [0.29, 0.717) is 12.0 Å². The van der Waals surface area contributed by atoms with Crippen molar-refractivity contribution in [1.29, 1.82) is 0 Å². The van der Waals surface area contributed by atoms with Crippen LogP contribution in [0.1, 0.15) is 5.69 Å². The molecule has 1 saturated heterocycles. The zero-order chi connectivity index (χ0) is 25.1. The van der Waals surface area contributed by atoms with Gasteiger partial charge in [0.05, 0.1) is 0 Å². The third-order valence-corrected chi connectivity index (χ3v) is 7.71. The van der Waals surface area contributed by atoms with Crippen LogP contribution in [0.5, 0.6) is 0 Å². The molecule has 0 saturated carbocycles. The number of carbonyl (C=O) groups is 4. The maximum Gasteiger partial charge on any atom is 0.352 e. The third-order valence-electron chi connectivity index (χ3n) is 4.69. The number of fused-ring (bicyclic) bond motifs is 1. The molecule has 0 aliphatic carbocycles. The first kappa shape index (κ1) is 24.4. The molecular weight excluding hydrogens is 524 g/mol. The first-order chi connectivity index (χ1) is 16.8. The van der Waals surface area contributed by atoms with Gasteiger partial charge in [0.25, 0.3) is 11.8 Å². The SMILES string of the molecule is CO/N=C(\C(=O)N[C@@H]1C(=O)N2C(C(=O)O)=C(CSc3nnnn3NC=O)CS[C@@H]12)c1csc(N)n1. The monoisotopic (exact) mass is 540 g/mol. The van der Waals surface area contributed by atoms with Crippen LogP contribution in [0.4, 0.5) is 5.13 Å². The van der Waals surface area contributed by atoms with Gasteiger partial charge in [-0.25, -0.2) is 15.2 Å². The molecule has 19 heteroatoms. The normalized spacial score (nSPS) is 19.6. The predicted octanol–water partition coefficient (Wildman–Crippen LogP) is -1.71. The summed E-state index contributed by atoms with van der Waals surface area (Å²) in [5, 5.41) is 28.2. The van der Waals surface area contributed by atoms with Crippen LogP contribution in [-0.4, -0.2) is 95.2 Å². The number of oxime groups is 1. The third kappa shape index (κ3) is 4.77. The van der Waals surface area contributed by atoms with Crippen molar-refractivity contribution in [3.8, 4) is 0 Å². The van der Waals surface area contributed by atoms with E-state index in [1.165, 1.54) is 24.3 Å². The van der Waals surface area contributed by atoms with E-state index >= 15 is 0 Å². The zero-order valence-electron chi connectivity index (χ0n) is 17.6. The Balaban J connectivity index is 1.48. The van der Waals surface area contributed by atoms with Gasteiger partial charge in [0.1, 0.15) is 29.9 Å². The highest BCUT2D eigenvalue weighted by molar-refractivity contribution is 8.01. The summed E-state index contributed by atoms with van der Waals surface area (Å²) in [5.74, 6) is -2.15. The average molecular weight is 541 g/mol. The van der Waals surface area contributed by atoms with Gasteiger partial charge in [0.2, 0.25) is 11.6 Å². The number of amides is 3. The summed E-state index contributed by atoms with van der Waals surface area (Å²) < 4.78 is 0. The highest BCUT2D eigenvalue weighted by Crippen LogP contribution is 2.41. The second-order valence-electron chi connectivity index (χ2n) is 6.72. The number of nitrogens with zero attached hydrogens (tertiary/aromatic N) is 7. The van der Waals surface area contributed by atoms with Gasteiger partial charge in [-0.3, -0.25) is 19.3 Å². The number of aromatic nitrogens is 5. The summed E-state index contributed by atoms with van der Waals surface area (Å²) in [5.41, 5.74) is 8.20. The van der Waals surface area contributed by atoms with Gasteiger partial charge in [0.15, 0.2) is 10.8 Å². The molecule has 0 aromatic carbocycles. The highest BCUT2D eigenvalue weighted by Gasteiger charge is 2.54. The number of nitrogen functional groups attached to an aromatic ring is 1. The van der Waals surface area contributed by atoms with E-state index in [2.05, 4.69) is 36.4 Å². The van der Waals surface area contributed by atoms with Crippen LogP contribution in [0, 0.1) is 0 Å². The molecule has 2 atom stereocenters. The van der Waals surface area contributed by atoms with E-state index in [0.717, 1.165) is 32.8 Å². The van der Waals surface area contributed by atoms with E-state index in [-0.39, 0.29) is 38.9 Å². The molecule has 2 aromatic heterocycles. The van der Waals surface area contributed by atoms with Crippen LogP contribution in [0.25, 0.3) is 0 Å². The Morgan fingerprint density at radius 2 is 2.29 bits per heavy atom. The molecule has 4 rings (SSSR count). The summed E-state index contributed by atoms with van der Waals surface area (Å²) >= 11 is 3.49. The summed E-state index contributed by atoms with van der Waals surface area (Å²) in [6.45, 7) is 0. The van der Waals surface area contributed by atoms with Crippen LogP contribution >= 0.6 is 34.9 Å². The van der Waals surface area contributed by atoms with Gasteiger partial charge in [0, 0.05) is 16.9 Å². The van der Waals surface area contributed by atoms with Gasteiger partial charge < -0.3 is 21.0 Å². The van der Waals surface area contributed by atoms with Gasteiger partial charge in [-0.1, -0.05) is 22.0 Å². The Kier molecular flexibility index (Phi) is 7.17. The molecule has 35 heavy (non-hydrogen) atoms. The van der Waals surface area contributed by atoms with Crippen LogP contribution in [0.3, 0.4) is 0 Å². The lowest BCUT2D eigenvalue weighted by atomic mass is 10.0. The lowest BCUT2D eigenvalue weighted by Gasteiger charge is -2.49. The van der Waals surface area contributed by atoms with Crippen LogP contribution < -0.4 is 16.5 Å². The summed E-state index contributed by atoms with van der Waals surface area (Å²) in [7, 11) is 1.26. The highest BCUT2D eigenvalue weighted by atomic mass is 32.2. The molecule has 0 unspecified atom stereocenters. The number of carbonyl (C=O) groups excluding carboxylic acids is 3. The number of carboxylic acid groups (broad SMARTS) is 1. The Hall–Kier alpha value is -3.71. The first-order valence-electron chi connectivity index (χ1n) is 9.50. The molecule has 3 amide bonds. The van der Waals surface area contributed by atoms with Crippen molar-refractivity contribution in [1.82, 2.24) is 35.5 Å². The molecule has 2 aromatic rings. The standard InChI is InChI=1S/C16H16N10O6S3/c1-32-22-8(7-4-34-15(17)19-7)11(28)20-9-12(29)25-10(14(30)31)6(2-33-13(9)25)3-35-16-21-23-24-26(16)18-5-27/h4-5,9,13H,2-3H2,1H3,(H2,17,19)(H,18,27)(H,20,28)(H,30,31)/b22-8-/t9-,13+/m1/s1. The number of tetrazole rings is 1. The maximum absolute atomic E-state index is 12.9. The largest absolute Gasteiger partial charge is 0.477 e. The number of nitrogens with two attached hydrogens (primary N) is 1. The Morgan fingerprint density at radius 1 is 1.49 bits per heavy atom. The Bertz CT molecular complexity index is 1240. The van der Waals surface area contributed by atoms with Crippen LogP contribution in [-0.2, 0) is 24.0 Å². The van der Waals surface area contributed by atoms with Crippen LogP contribution in [0.15, 0.2) is 27.0 Å². The number of aliphatic carboxylic acids is 1. The van der Waals surface area contributed by atoms with Crippen molar-refractivity contribution >= 4 is 69.9 Å². The van der Waals surface area contributed by atoms with E-state index in [9.17, 15) is 24.3 Å². The number of hydrogen-bond acceptors (Lipinski definition) is 14. The summed E-state index contributed by atoms with van der Waals surface area (Å²) in [6.07, 6.45) is 0.392. The molecule has 0 spiro atoms. The minimum atomic E-state index is -1.28. The van der Waals surface area contributed by atoms with Crippen molar-refractivity contribution < 1.29 is 29.1 Å². The van der Waals surface area contributed by atoms with Crippen molar-refractivity contribution in [3.63, 3.8) is 0 Å². The van der Waals surface area contributed by atoms with Gasteiger partial charge >= 0.3 is 5.97 Å². The molecule has 184 valence electrons. The molecule has 2 aliphatic heterocycles. The van der Waals surface area contributed by atoms with Crippen molar-refractivity contribution in [3.05, 3.63) is 22.3 Å². The molecular formula is C16H16N10O6S3. The molecule has 0 bridgehead atoms. The Labute approximate surface area is 208 Å². The molecule has 0 radical (unpaired) electrons. The molecule has 2 aliphatic rings. The lowest BCUT2D eigenvalue weighted by Crippen LogP contribution is -2.71. The van der Waals surface area contributed by atoms with Gasteiger partial charge in [-0.15, -0.1) is 27.9 Å². The van der Waals surface area contributed by atoms with Crippen LogP contribution in [0.2, 0.25) is 0 Å². The second-order valence-corrected chi connectivity index (χ2v) is 9.66. The van der Waals surface area contributed by atoms with E-state index in [1.807, 2.05) is 0 Å². The fourth-order valence-corrected chi connectivity index (χ4v) is 6.12. The number of thioether (sulfide) groups is 2. The lowest BCUT2D eigenvalue weighted by molar-refractivity contribution is -0.150. The van der Waals surface area contributed by atoms with Crippen molar-refractivity contribution in [2.75, 3.05) is 29.8 Å². The molecule has 4 heterocycles. The Morgan fingerprint density at radius 3 is 2.94 bits per heavy atom. The molecule has 16 nitrogen and oxygen atoms in total. The number of carboxylic acids is 1. The topological polar surface area (TPSA) is 220 Å². The van der Waals surface area contributed by atoms with Gasteiger partial charge in [-0.2, -0.15) is 0 Å². The summed E-state index contributed by atoms with van der Waals surface area (Å²) in [4.78, 5) is 59.3. The zero-order valence-corrected chi connectivity index (χ0v) is 20.1.